The summed E-state index contributed by atoms with van der Waals surface area (Å²) in [5.74, 6) is -0.905. The third-order valence-electron chi connectivity index (χ3n) is 6.00. The Kier molecular flexibility index (Phi) is 6.67. The molecule has 0 aliphatic carbocycles. The summed E-state index contributed by atoms with van der Waals surface area (Å²) in [7, 11) is 0. The van der Waals surface area contributed by atoms with Crippen molar-refractivity contribution in [3.8, 4) is 0 Å². The van der Waals surface area contributed by atoms with Gasteiger partial charge in [-0.2, -0.15) is 0 Å². The number of halogens is 1. The minimum absolute atomic E-state index is 0.282. The molecular weight excluding hydrogens is 494 g/mol. The van der Waals surface area contributed by atoms with E-state index in [1.807, 2.05) is 79.9 Å². The van der Waals surface area contributed by atoms with Gasteiger partial charge in [-0.25, -0.2) is 0 Å². The molecule has 0 unspecified atom stereocenters. The summed E-state index contributed by atoms with van der Waals surface area (Å²) in [5.41, 5.74) is 4.32. The number of imide groups is 1. The van der Waals surface area contributed by atoms with Gasteiger partial charge < -0.3 is 9.88 Å². The van der Waals surface area contributed by atoms with Crippen LogP contribution in [-0.2, 0) is 16.1 Å². The number of carbonyl (C=O) groups is 3. The second-order valence-corrected chi connectivity index (χ2v) is 9.85. The van der Waals surface area contributed by atoms with Crippen molar-refractivity contribution < 1.29 is 14.4 Å². The molecule has 1 N–H and O–H groups in total. The van der Waals surface area contributed by atoms with Crippen LogP contribution >= 0.6 is 23.4 Å². The van der Waals surface area contributed by atoms with E-state index in [0.29, 0.717) is 17.3 Å². The predicted molar refractivity (Wildman–Crippen MR) is 145 cm³/mol. The Hall–Kier alpha value is -3.81. The number of carbonyl (C=O) groups excluding carboxylic acids is 3. The van der Waals surface area contributed by atoms with Gasteiger partial charge in [0.25, 0.3) is 11.1 Å². The quantitative estimate of drug-likeness (QED) is 0.305. The summed E-state index contributed by atoms with van der Waals surface area (Å²) < 4.78 is 2.07. The fourth-order valence-electron chi connectivity index (χ4n) is 4.16. The normalized spacial score (nSPS) is 14.7. The molecule has 0 saturated carbocycles. The van der Waals surface area contributed by atoms with Gasteiger partial charge in [-0.1, -0.05) is 66.2 Å². The molecule has 3 amide bonds. The molecule has 0 spiro atoms. The Bertz CT molecular complexity index is 1540. The average Bonchev–Trinajstić information content (AvgIpc) is 3.34. The number of nitrogens with zero attached hydrogens (tertiary/aromatic N) is 2. The van der Waals surface area contributed by atoms with E-state index in [9.17, 15) is 14.4 Å². The number of fused-ring (bicyclic) bond motifs is 1. The van der Waals surface area contributed by atoms with Crippen LogP contribution in [0.5, 0.6) is 0 Å². The molecule has 0 atom stereocenters. The molecule has 1 aliphatic rings. The minimum Gasteiger partial charge on any atom is -0.342 e. The maximum Gasteiger partial charge on any atom is 0.294 e. The first-order valence-corrected chi connectivity index (χ1v) is 12.5. The number of thioether (sulfide) groups is 1. The van der Waals surface area contributed by atoms with Crippen LogP contribution in [0.2, 0.25) is 5.02 Å². The number of hydrogen-bond donors (Lipinski definition) is 1. The van der Waals surface area contributed by atoms with Crippen LogP contribution in [0.1, 0.15) is 16.7 Å². The SMILES string of the molecule is Cc1ccccc1NC(=O)CN1C(=O)S/C(=C/c2cn(Cc3ccccc3Cl)c3ccccc23)C1=O. The van der Waals surface area contributed by atoms with E-state index in [-0.39, 0.29) is 11.4 Å². The van der Waals surface area contributed by atoms with Gasteiger partial charge >= 0.3 is 0 Å². The highest BCUT2D eigenvalue weighted by molar-refractivity contribution is 8.18. The number of hydrogen-bond acceptors (Lipinski definition) is 4. The zero-order chi connectivity index (χ0) is 25.2. The number of nitrogens with one attached hydrogen (secondary N) is 1. The Morgan fingerprint density at radius 3 is 2.53 bits per heavy atom. The lowest BCUT2D eigenvalue weighted by atomic mass is 10.1. The molecule has 8 heteroatoms. The van der Waals surface area contributed by atoms with E-state index >= 15 is 0 Å². The van der Waals surface area contributed by atoms with Crippen LogP contribution in [0.4, 0.5) is 10.5 Å². The summed E-state index contributed by atoms with van der Waals surface area (Å²) >= 11 is 7.21. The molecule has 0 radical (unpaired) electrons. The molecule has 1 saturated heterocycles. The lowest BCUT2D eigenvalue weighted by molar-refractivity contribution is -0.127. The maximum absolute atomic E-state index is 13.1. The van der Waals surface area contributed by atoms with E-state index < -0.39 is 17.1 Å². The van der Waals surface area contributed by atoms with Crippen molar-refractivity contribution in [3.63, 3.8) is 0 Å². The van der Waals surface area contributed by atoms with Crippen molar-refractivity contribution in [3.05, 3.63) is 106 Å². The van der Waals surface area contributed by atoms with E-state index in [4.69, 9.17) is 11.6 Å². The zero-order valence-electron chi connectivity index (χ0n) is 19.4. The average molecular weight is 516 g/mol. The number of rotatable bonds is 6. The fraction of sp³-hybridized carbons (Fsp3) is 0.107. The van der Waals surface area contributed by atoms with Crippen molar-refractivity contribution >= 4 is 63.1 Å². The zero-order valence-corrected chi connectivity index (χ0v) is 21.0. The van der Waals surface area contributed by atoms with Gasteiger partial charge in [0.1, 0.15) is 6.54 Å². The fourth-order valence-corrected chi connectivity index (χ4v) is 5.18. The summed E-state index contributed by atoms with van der Waals surface area (Å²) in [5, 5.41) is 3.94. The summed E-state index contributed by atoms with van der Waals surface area (Å²) in [4.78, 5) is 39.5. The second-order valence-electron chi connectivity index (χ2n) is 8.45. The number of aromatic nitrogens is 1. The van der Waals surface area contributed by atoms with Crippen LogP contribution in [0.25, 0.3) is 17.0 Å². The van der Waals surface area contributed by atoms with E-state index in [0.717, 1.165) is 44.3 Å². The number of anilines is 1. The molecule has 2 heterocycles. The van der Waals surface area contributed by atoms with Gasteiger partial charge in [0, 0.05) is 39.9 Å². The lowest BCUT2D eigenvalue weighted by Crippen LogP contribution is -2.36. The van der Waals surface area contributed by atoms with E-state index in [2.05, 4.69) is 9.88 Å². The third-order valence-corrected chi connectivity index (χ3v) is 7.28. The Morgan fingerprint density at radius 2 is 1.72 bits per heavy atom. The molecule has 0 bridgehead atoms. The summed E-state index contributed by atoms with van der Waals surface area (Å²) in [6, 6.07) is 22.9. The smallest absolute Gasteiger partial charge is 0.294 e. The van der Waals surface area contributed by atoms with Crippen LogP contribution < -0.4 is 5.32 Å². The molecule has 4 aromatic rings. The molecular formula is C28H22ClN3O3S. The number of para-hydroxylation sites is 2. The monoisotopic (exact) mass is 515 g/mol. The molecule has 1 aromatic heterocycles. The predicted octanol–water partition coefficient (Wildman–Crippen LogP) is 6.33. The second kappa shape index (κ2) is 10.0. The first-order chi connectivity index (χ1) is 17.4. The standard InChI is InChI=1S/C28H22ClN3O3S/c1-18-8-2-6-12-23(18)30-26(33)17-32-27(34)25(36-28(32)35)14-20-16-31(24-13-7-4-10-21(20)24)15-19-9-3-5-11-22(19)29/h2-14,16H,15,17H2,1H3,(H,30,33)/b25-14+. The highest BCUT2D eigenvalue weighted by Gasteiger charge is 2.36. The van der Waals surface area contributed by atoms with Gasteiger partial charge in [0.05, 0.1) is 4.91 Å². The van der Waals surface area contributed by atoms with Gasteiger partial charge in [-0.15, -0.1) is 0 Å². The molecule has 36 heavy (non-hydrogen) atoms. The number of amides is 3. The molecule has 5 rings (SSSR count). The molecule has 1 fully saturated rings. The molecule has 1 aliphatic heterocycles. The number of benzene rings is 3. The van der Waals surface area contributed by atoms with Crippen molar-refractivity contribution in [1.82, 2.24) is 9.47 Å². The Balaban J connectivity index is 1.39. The number of aryl methyl sites for hydroxylation is 1. The summed E-state index contributed by atoms with van der Waals surface area (Å²) in [6.45, 7) is 2.10. The first-order valence-electron chi connectivity index (χ1n) is 11.3. The third kappa shape index (κ3) is 4.80. The lowest BCUT2D eigenvalue weighted by Gasteiger charge is -2.13. The summed E-state index contributed by atoms with van der Waals surface area (Å²) in [6.07, 6.45) is 3.67. The van der Waals surface area contributed by atoms with E-state index in [1.54, 1.807) is 12.1 Å². The topological polar surface area (TPSA) is 71.4 Å². The molecule has 6 nitrogen and oxygen atoms in total. The van der Waals surface area contributed by atoms with Crippen molar-refractivity contribution in [1.29, 1.82) is 0 Å². The van der Waals surface area contributed by atoms with Crippen LogP contribution in [0.15, 0.2) is 83.9 Å². The highest BCUT2D eigenvalue weighted by atomic mass is 35.5. The van der Waals surface area contributed by atoms with Gasteiger partial charge in [0.15, 0.2) is 0 Å². The van der Waals surface area contributed by atoms with Gasteiger partial charge in [-0.3, -0.25) is 19.3 Å². The molecule has 3 aromatic carbocycles. The van der Waals surface area contributed by atoms with Crippen LogP contribution in [0, 0.1) is 6.92 Å². The van der Waals surface area contributed by atoms with E-state index in [1.165, 1.54) is 0 Å². The van der Waals surface area contributed by atoms with Crippen LogP contribution in [0.3, 0.4) is 0 Å². The maximum atomic E-state index is 13.1. The van der Waals surface area contributed by atoms with Gasteiger partial charge in [-0.05, 0) is 54.1 Å². The van der Waals surface area contributed by atoms with Crippen molar-refractivity contribution in [2.24, 2.45) is 0 Å². The Morgan fingerprint density at radius 1 is 1.00 bits per heavy atom. The van der Waals surface area contributed by atoms with Crippen molar-refractivity contribution in [2.45, 2.75) is 13.5 Å². The van der Waals surface area contributed by atoms with Gasteiger partial charge in [0.2, 0.25) is 5.91 Å². The van der Waals surface area contributed by atoms with Crippen LogP contribution in [-0.4, -0.2) is 33.1 Å². The first kappa shape index (κ1) is 23.9. The minimum atomic E-state index is -0.479. The molecule has 180 valence electrons. The highest BCUT2D eigenvalue weighted by Crippen LogP contribution is 2.34. The Labute approximate surface area is 217 Å². The largest absolute Gasteiger partial charge is 0.342 e. The van der Waals surface area contributed by atoms with Crippen molar-refractivity contribution in [2.75, 3.05) is 11.9 Å².